The van der Waals surface area contributed by atoms with Crippen molar-refractivity contribution in [3.63, 3.8) is 0 Å². The Bertz CT molecular complexity index is 830. The highest BCUT2D eigenvalue weighted by molar-refractivity contribution is 6.31. The number of carbonyl (C=O) groups is 1. The summed E-state index contributed by atoms with van der Waals surface area (Å²) < 4.78 is 13.8. The maximum atomic E-state index is 13.8. The van der Waals surface area contributed by atoms with E-state index in [0.29, 0.717) is 16.5 Å². The van der Waals surface area contributed by atoms with Gasteiger partial charge in [0, 0.05) is 17.1 Å². The molecule has 1 N–H and O–H groups in total. The lowest BCUT2D eigenvalue weighted by atomic mass is 10.1. The second-order valence-electron chi connectivity index (χ2n) is 4.43. The average Bonchev–Trinajstić information content (AvgIpc) is 2.51. The summed E-state index contributed by atoms with van der Waals surface area (Å²) in [6, 6.07) is 13.2. The molecule has 5 heteroatoms. The fourth-order valence-corrected chi connectivity index (χ4v) is 2.27. The van der Waals surface area contributed by atoms with Crippen molar-refractivity contribution in [3.8, 4) is 0 Å². The fraction of sp³-hybridized carbons (Fsp3) is 0. The Labute approximate surface area is 125 Å². The highest BCUT2D eigenvalue weighted by Gasteiger charge is 2.13. The van der Waals surface area contributed by atoms with Crippen molar-refractivity contribution in [2.75, 3.05) is 5.32 Å². The molecule has 0 atom stereocenters. The van der Waals surface area contributed by atoms with Crippen LogP contribution in [0.4, 0.5) is 10.1 Å². The van der Waals surface area contributed by atoms with Crippen molar-refractivity contribution in [3.05, 3.63) is 71.1 Å². The molecule has 0 fully saturated rings. The molecule has 3 aromatic rings. The van der Waals surface area contributed by atoms with Crippen LogP contribution < -0.4 is 5.32 Å². The van der Waals surface area contributed by atoms with Crippen LogP contribution in [0.3, 0.4) is 0 Å². The summed E-state index contributed by atoms with van der Waals surface area (Å²) in [7, 11) is 0. The molecule has 2 aromatic carbocycles. The first-order chi connectivity index (χ1) is 10.2. The van der Waals surface area contributed by atoms with Gasteiger partial charge in [0.05, 0.1) is 16.2 Å². The van der Waals surface area contributed by atoms with E-state index < -0.39 is 11.7 Å². The zero-order valence-electron chi connectivity index (χ0n) is 10.8. The summed E-state index contributed by atoms with van der Waals surface area (Å²) >= 11 is 5.70. The number of hydrogen-bond donors (Lipinski definition) is 1. The van der Waals surface area contributed by atoms with Gasteiger partial charge in [-0.25, -0.2) is 4.39 Å². The van der Waals surface area contributed by atoms with Crippen LogP contribution in [0.5, 0.6) is 0 Å². The zero-order chi connectivity index (χ0) is 14.8. The Kier molecular flexibility index (Phi) is 3.54. The third-order valence-corrected chi connectivity index (χ3v) is 3.38. The van der Waals surface area contributed by atoms with Gasteiger partial charge in [-0.3, -0.25) is 9.78 Å². The van der Waals surface area contributed by atoms with Crippen LogP contribution in [0.2, 0.25) is 5.02 Å². The molecule has 0 saturated heterocycles. The topological polar surface area (TPSA) is 42.0 Å². The number of anilines is 1. The van der Waals surface area contributed by atoms with Crippen molar-refractivity contribution in [1.29, 1.82) is 0 Å². The zero-order valence-corrected chi connectivity index (χ0v) is 11.6. The van der Waals surface area contributed by atoms with E-state index in [4.69, 9.17) is 11.6 Å². The van der Waals surface area contributed by atoms with Crippen molar-refractivity contribution in [2.24, 2.45) is 0 Å². The summed E-state index contributed by atoms with van der Waals surface area (Å²) in [5.41, 5.74) is 1.19. The average molecular weight is 301 g/mol. The minimum Gasteiger partial charge on any atom is -0.319 e. The highest BCUT2D eigenvalue weighted by atomic mass is 35.5. The molecule has 104 valence electrons. The SMILES string of the molecule is O=C(Nc1cccc(Cl)c1F)c1cccc2ncccc12. The highest BCUT2D eigenvalue weighted by Crippen LogP contribution is 2.23. The summed E-state index contributed by atoms with van der Waals surface area (Å²) in [5.74, 6) is -1.05. The van der Waals surface area contributed by atoms with Gasteiger partial charge >= 0.3 is 0 Å². The van der Waals surface area contributed by atoms with E-state index in [-0.39, 0.29) is 10.7 Å². The van der Waals surface area contributed by atoms with Crippen LogP contribution in [-0.4, -0.2) is 10.9 Å². The van der Waals surface area contributed by atoms with Crippen molar-refractivity contribution in [2.45, 2.75) is 0 Å². The lowest BCUT2D eigenvalue weighted by molar-refractivity contribution is 0.102. The number of amides is 1. The molecule has 0 radical (unpaired) electrons. The predicted molar refractivity (Wildman–Crippen MR) is 81.1 cm³/mol. The second-order valence-corrected chi connectivity index (χ2v) is 4.84. The molecule has 0 bridgehead atoms. The molecule has 0 spiro atoms. The summed E-state index contributed by atoms with van der Waals surface area (Å²) in [6.45, 7) is 0. The van der Waals surface area contributed by atoms with Crippen LogP contribution in [0.15, 0.2) is 54.7 Å². The number of nitrogens with one attached hydrogen (secondary N) is 1. The molecular weight excluding hydrogens is 291 g/mol. The number of nitrogens with zero attached hydrogens (tertiary/aromatic N) is 1. The van der Waals surface area contributed by atoms with Crippen LogP contribution >= 0.6 is 11.6 Å². The van der Waals surface area contributed by atoms with Gasteiger partial charge in [-0.15, -0.1) is 0 Å². The van der Waals surface area contributed by atoms with Gasteiger partial charge in [0.2, 0.25) is 0 Å². The minimum atomic E-state index is -0.647. The van der Waals surface area contributed by atoms with Gasteiger partial charge in [0.25, 0.3) is 5.91 Å². The molecule has 0 aliphatic carbocycles. The summed E-state index contributed by atoms with van der Waals surface area (Å²) in [4.78, 5) is 16.5. The molecule has 21 heavy (non-hydrogen) atoms. The van der Waals surface area contributed by atoms with E-state index in [1.807, 2.05) is 6.07 Å². The monoisotopic (exact) mass is 300 g/mol. The Morgan fingerprint density at radius 3 is 2.76 bits per heavy atom. The van der Waals surface area contributed by atoms with Gasteiger partial charge in [0.15, 0.2) is 5.82 Å². The van der Waals surface area contributed by atoms with Crippen molar-refractivity contribution >= 4 is 34.1 Å². The fourth-order valence-electron chi connectivity index (χ4n) is 2.09. The molecule has 0 aliphatic heterocycles. The Hall–Kier alpha value is -2.46. The Balaban J connectivity index is 2.00. The number of benzene rings is 2. The first kappa shape index (κ1) is 13.5. The lowest BCUT2D eigenvalue weighted by Gasteiger charge is -2.09. The van der Waals surface area contributed by atoms with Crippen LogP contribution in [0, 0.1) is 5.82 Å². The Morgan fingerprint density at radius 2 is 1.90 bits per heavy atom. The second kappa shape index (κ2) is 5.50. The molecule has 1 amide bonds. The summed E-state index contributed by atoms with van der Waals surface area (Å²) in [5, 5.41) is 3.21. The van der Waals surface area contributed by atoms with E-state index in [1.54, 1.807) is 36.5 Å². The van der Waals surface area contributed by atoms with Gasteiger partial charge in [-0.1, -0.05) is 29.8 Å². The largest absolute Gasteiger partial charge is 0.319 e. The molecule has 3 nitrogen and oxygen atoms in total. The van der Waals surface area contributed by atoms with E-state index in [0.717, 1.165) is 0 Å². The number of aromatic nitrogens is 1. The predicted octanol–water partition coefficient (Wildman–Crippen LogP) is 4.28. The normalized spacial score (nSPS) is 10.6. The molecule has 1 heterocycles. The van der Waals surface area contributed by atoms with Gasteiger partial charge in [-0.2, -0.15) is 0 Å². The van der Waals surface area contributed by atoms with Crippen molar-refractivity contribution < 1.29 is 9.18 Å². The molecule has 0 unspecified atom stereocenters. The third-order valence-electron chi connectivity index (χ3n) is 3.09. The number of hydrogen-bond acceptors (Lipinski definition) is 2. The number of rotatable bonds is 2. The lowest BCUT2D eigenvalue weighted by Crippen LogP contribution is -2.13. The number of carbonyl (C=O) groups excluding carboxylic acids is 1. The van der Waals surface area contributed by atoms with Gasteiger partial charge in [0.1, 0.15) is 0 Å². The first-order valence-electron chi connectivity index (χ1n) is 6.26. The molecule has 0 saturated carbocycles. The van der Waals surface area contributed by atoms with E-state index in [2.05, 4.69) is 10.3 Å². The molecule has 3 rings (SSSR count). The molecule has 0 aliphatic rings. The number of fused-ring (bicyclic) bond motifs is 1. The maximum absolute atomic E-state index is 13.8. The summed E-state index contributed by atoms with van der Waals surface area (Å²) in [6.07, 6.45) is 1.65. The standard InChI is InChI=1S/C16H10ClFN2O/c17-12-6-2-8-14(15(12)18)20-16(21)11-4-1-7-13-10(11)5-3-9-19-13/h1-9H,(H,20,21). The molecule has 1 aromatic heterocycles. The van der Waals surface area contributed by atoms with Crippen LogP contribution in [0.25, 0.3) is 10.9 Å². The third kappa shape index (κ3) is 2.58. The smallest absolute Gasteiger partial charge is 0.256 e. The van der Waals surface area contributed by atoms with Crippen LogP contribution in [-0.2, 0) is 0 Å². The minimum absolute atomic E-state index is 0.0348. The Morgan fingerprint density at radius 1 is 1.10 bits per heavy atom. The quantitative estimate of drug-likeness (QED) is 0.767. The number of pyridine rings is 1. The maximum Gasteiger partial charge on any atom is 0.256 e. The van der Waals surface area contributed by atoms with E-state index in [9.17, 15) is 9.18 Å². The first-order valence-corrected chi connectivity index (χ1v) is 6.64. The van der Waals surface area contributed by atoms with Gasteiger partial charge < -0.3 is 5.32 Å². The number of halogens is 2. The van der Waals surface area contributed by atoms with Gasteiger partial charge in [-0.05, 0) is 30.3 Å². The van der Waals surface area contributed by atoms with E-state index in [1.165, 1.54) is 12.1 Å². The van der Waals surface area contributed by atoms with Crippen molar-refractivity contribution in [1.82, 2.24) is 4.98 Å². The van der Waals surface area contributed by atoms with E-state index >= 15 is 0 Å². The molecular formula is C16H10ClFN2O. The van der Waals surface area contributed by atoms with Crippen LogP contribution in [0.1, 0.15) is 10.4 Å².